The second-order valence-corrected chi connectivity index (χ2v) is 4.40. The quantitative estimate of drug-likeness (QED) is 0.688. The number of hydrogen-bond donors (Lipinski definition) is 3. The van der Waals surface area contributed by atoms with Gasteiger partial charge in [-0.15, -0.1) is 0 Å². The number of aliphatic hydroxyl groups excluding tert-OH is 1. The average molecular weight is 243 g/mol. The normalized spacial score (nSPS) is 12.3. The Labute approximate surface area is 107 Å². The van der Waals surface area contributed by atoms with E-state index in [0.717, 1.165) is 12.1 Å². The fourth-order valence-corrected chi connectivity index (χ4v) is 1.92. The minimum Gasteiger partial charge on any atom is -0.399 e. The minimum atomic E-state index is -0.475. The summed E-state index contributed by atoms with van der Waals surface area (Å²) in [6.07, 6.45) is -0.475. The first-order valence-corrected chi connectivity index (χ1v) is 6.15. The predicted molar refractivity (Wildman–Crippen MR) is 72.8 cm³/mol. The molecule has 0 saturated carbocycles. The van der Waals surface area contributed by atoms with Gasteiger partial charge in [-0.25, -0.2) is 0 Å². The molecule has 0 heterocycles. The molecule has 94 valence electrons. The van der Waals surface area contributed by atoms with Crippen LogP contribution in [0.4, 0.5) is 5.69 Å². The van der Waals surface area contributed by atoms with E-state index >= 15 is 0 Å². The van der Waals surface area contributed by atoms with Gasteiger partial charge in [0.05, 0.1) is 0 Å². The largest absolute Gasteiger partial charge is 0.399 e. The van der Waals surface area contributed by atoms with Crippen molar-refractivity contribution in [2.45, 2.75) is 12.6 Å². The minimum absolute atomic E-state index is 0.475. The summed E-state index contributed by atoms with van der Waals surface area (Å²) in [5.41, 5.74) is 8.52. The maximum atomic E-state index is 10.0. The van der Waals surface area contributed by atoms with Crippen LogP contribution in [0.25, 0.3) is 0 Å². The maximum absolute atomic E-state index is 10.0. The van der Waals surface area contributed by atoms with Crippen molar-refractivity contribution in [1.29, 1.82) is 0 Å². The number of rotatable bonds is 5. The molecule has 18 heavy (non-hydrogen) atoms. The lowest BCUT2D eigenvalue weighted by Gasteiger charge is -2.10. The molecule has 0 aliphatic rings. The molecule has 0 bridgehead atoms. The Bertz CT molecular complexity index is 485. The number of aliphatic hydroxyl groups is 1. The van der Waals surface area contributed by atoms with Crippen molar-refractivity contribution < 1.29 is 10.4 Å². The number of quaternary nitrogens is 1. The van der Waals surface area contributed by atoms with Crippen LogP contribution < -0.4 is 11.1 Å². The topological polar surface area (TPSA) is 62.9 Å². The van der Waals surface area contributed by atoms with Gasteiger partial charge >= 0.3 is 0 Å². The summed E-state index contributed by atoms with van der Waals surface area (Å²) >= 11 is 0. The van der Waals surface area contributed by atoms with Crippen LogP contribution in [0.2, 0.25) is 0 Å². The summed E-state index contributed by atoms with van der Waals surface area (Å²) < 4.78 is 0. The number of nitrogen functional groups attached to an aromatic ring is 1. The van der Waals surface area contributed by atoms with Crippen LogP contribution in [-0.2, 0) is 6.54 Å². The molecule has 2 aromatic carbocycles. The van der Waals surface area contributed by atoms with Crippen LogP contribution in [0.15, 0.2) is 54.6 Å². The van der Waals surface area contributed by atoms with E-state index in [1.807, 2.05) is 42.5 Å². The summed E-state index contributed by atoms with van der Waals surface area (Å²) in [5.74, 6) is 0. The van der Waals surface area contributed by atoms with E-state index < -0.39 is 6.10 Å². The molecular weight excluding hydrogens is 224 g/mol. The lowest BCUT2D eigenvalue weighted by Crippen LogP contribution is -2.83. The van der Waals surface area contributed by atoms with Crippen LogP contribution in [0.3, 0.4) is 0 Å². The molecule has 0 spiro atoms. The third kappa shape index (κ3) is 3.58. The molecule has 2 rings (SSSR count). The van der Waals surface area contributed by atoms with E-state index in [1.54, 1.807) is 0 Å². The van der Waals surface area contributed by atoms with Gasteiger partial charge in [0.1, 0.15) is 19.2 Å². The van der Waals surface area contributed by atoms with Crippen molar-refractivity contribution in [3.05, 3.63) is 65.7 Å². The van der Waals surface area contributed by atoms with Gasteiger partial charge in [-0.2, -0.15) is 0 Å². The number of hydrogen-bond acceptors (Lipinski definition) is 2. The highest BCUT2D eigenvalue weighted by atomic mass is 16.3. The zero-order valence-electron chi connectivity index (χ0n) is 10.3. The highest BCUT2D eigenvalue weighted by Crippen LogP contribution is 2.13. The Balaban J connectivity index is 1.83. The van der Waals surface area contributed by atoms with E-state index in [9.17, 15) is 5.11 Å². The molecule has 0 aromatic heterocycles. The van der Waals surface area contributed by atoms with Gasteiger partial charge in [-0.3, -0.25) is 0 Å². The Kier molecular flexibility index (Phi) is 4.34. The first-order chi connectivity index (χ1) is 8.75. The molecular formula is C15H19N2O+. The first-order valence-electron chi connectivity index (χ1n) is 6.15. The Morgan fingerprint density at radius 1 is 1.06 bits per heavy atom. The molecule has 2 aromatic rings. The third-order valence-electron chi connectivity index (χ3n) is 2.91. The van der Waals surface area contributed by atoms with E-state index in [0.29, 0.717) is 12.2 Å². The van der Waals surface area contributed by atoms with Crippen molar-refractivity contribution in [2.75, 3.05) is 12.3 Å². The lowest BCUT2D eigenvalue weighted by molar-refractivity contribution is -0.677. The molecule has 3 heteroatoms. The van der Waals surface area contributed by atoms with Crippen LogP contribution in [-0.4, -0.2) is 11.7 Å². The predicted octanol–water partition coefficient (Wildman–Crippen LogP) is 1.07. The van der Waals surface area contributed by atoms with Gasteiger partial charge in [-0.1, -0.05) is 42.5 Å². The van der Waals surface area contributed by atoms with Gasteiger partial charge < -0.3 is 16.2 Å². The van der Waals surface area contributed by atoms with Gasteiger partial charge in [0.2, 0.25) is 0 Å². The standard InChI is InChI=1S/C15H18N2O/c16-14-8-4-7-13(9-14)15(18)11-17-10-12-5-2-1-3-6-12/h1-9,15,17-18H,10-11,16H2/p+1/t15-/m0/s1. The first kappa shape index (κ1) is 12.6. The summed E-state index contributed by atoms with van der Waals surface area (Å²) in [6.45, 7) is 1.51. The van der Waals surface area contributed by atoms with E-state index in [4.69, 9.17) is 5.73 Å². The van der Waals surface area contributed by atoms with E-state index in [1.165, 1.54) is 5.56 Å². The Hall–Kier alpha value is -1.84. The monoisotopic (exact) mass is 243 g/mol. The van der Waals surface area contributed by atoms with Crippen LogP contribution >= 0.6 is 0 Å². The summed E-state index contributed by atoms with van der Waals surface area (Å²) in [4.78, 5) is 0. The van der Waals surface area contributed by atoms with Crippen LogP contribution in [0, 0.1) is 0 Å². The highest BCUT2D eigenvalue weighted by Gasteiger charge is 2.09. The molecule has 0 saturated heterocycles. The molecule has 0 fully saturated rings. The van der Waals surface area contributed by atoms with Crippen LogP contribution in [0.5, 0.6) is 0 Å². The number of benzene rings is 2. The van der Waals surface area contributed by atoms with Gasteiger partial charge in [0.25, 0.3) is 0 Å². The van der Waals surface area contributed by atoms with Gasteiger partial charge in [0, 0.05) is 11.3 Å². The fourth-order valence-electron chi connectivity index (χ4n) is 1.92. The second kappa shape index (κ2) is 6.19. The molecule has 0 aliphatic carbocycles. The fraction of sp³-hybridized carbons (Fsp3) is 0.200. The van der Waals surface area contributed by atoms with Crippen molar-refractivity contribution in [3.8, 4) is 0 Å². The highest BCUT2D eigenvalue weighted by molar-refractivity contribution is 5.41. The van der Waals surface area contributed by atoms with E-state index in [-0.39, 0.29) is 0 Å². The van der Waals surface area contributed by atoms with Crippen molar-refractivity contribution >= 4 is 5.69 Å². The third-order valence-corrected chi connectivity index (χ3v) is 2.91. The summed E-state index contributed by atoms with van der Waals surface area (Å²) in [5, 5.41) is 12.1. The lowest BCUT2D eigenvalue weighted by atomic mass is 10.1. The maximum Gasteiger partial charge on any atom is 0.128 e. The zero-order valence-corrected chi connectivity index (χ0v) is 10.3. The molecule has 0 unspecified atom stereocenters. The molecule has 3 nitrogen and oxygen atoms in total. The van der Waals surface area contributed by atoms with Crippen molar-refractivity contribution in [1.82, 2.24) is 0 Å². The molecule has 0 radical (unpaired) electrons. The second-order valence-electron chi connectivity index (χ2n) is 4.40. The zero-order chi connectivity index (χ0) is 12.8. The average Bonchev–Trinajstić information content (AvgIpc) is 2.40. The van der Waals surface area contributed by atoms with Gasteiger partial charge in [-0.05, 0) is 17.7 Å². The Morgan fingerprint density at radius 3 is 2.56 bits per heavy atom. The van der Waals surface area contributed by atoms with Gasteiger partial charge in [0.15, 0.2) is 0 Å². The van der Waals surface area contributed by atoms with Crippen LogP contribution in [0.1, 0.15) is 17.2 Å². The summed E-state index contributed by atoms with van der Waals surface area (Å²) in [6, 6.07) is 17.6. The SMILES string of the molecule is Nc1cccc([C@@H](O)C[NH2+]Cc2ccccc2)c1. The molecule has 5 N–H and O–H groups in total. The smallest absolute Gasteiger partial charge is 0.128 e. The Morgan fingerprint density at radius 2 is 1.83 bits per heavy atom. The summed E-state index contributed by atoms with van der Waals surface area (Å²) in [7, 11) is 0. The molecule has 0 amide bonds. The van der Waals surface area contributed by atoms with Crippen molar-refractivity contribution in [2.24, 2.45) is 0 Å². The molecule has 0 aliphatic heterocycles. The van der Waals surface area contributed by atoms with E-state index in [2.05, 4.69) is 17.4 Å². The van der Waals surface area contributed by atoms with Crippen molar-refractivity contribution in [3.63, 3.8) is 0 Å². The molecule has 1 atom stereocenters. The number of anilines is 1. The number of nitrogens with two attached hydrogens (primary N) is 2.